The van der Waals surface area contributed by atoms with Gasteiger partial charge in [-0.1, -0.05) is 0 Å². The van der Waals surface area contributed by atoms with E-state index in [1.165, 1.54) is 0 Å². The largest absolute Gasteiger partial charge is 0.477 e. The molecule has 6 amide bonds. The minimum Gasteiger partial charge on any atom is -0.477 e. The Hall–Kier alpha value is -5.55. The molecule has 51 atom stereocenters. The van der Waals surface area contributed by atoms with Crippen LogP contribution in [-0.4, -0.2) is 563 Å². The van der Waals surface area contributed by atoms with Crippen molar-refractivity contribution in [2.75, 3.05) is 66.1 Å². The minimum atomic E-state index is -3.14. The number of aliphatic hydroxyl groups excluding tert-OH is 27. The number of nitrogens with one attached hydrogen (secondary N) is 6. The van der Waals surface area contributed by atoms with Crippen molar-refractivity contribution in [2.24, 2.45) is 0 Å². The zero-order valence-corrected chi connectivity index (χ0v) is 72.8. The molecule has 0 radical (unpaired) electrons. The molecule has 10 saturated heterocycles. The van der Waals surface area contributed by atoms with Crippen molar-refractivity contribution in [3.63, 3.8) is 0 Å². The first-order chi connectivity index (χ1) is 63.7. The number of hydrogen-bond donors (Lipinski definition) is 34. The minimum absolute atomic E-state index is 0.824. The van der Waals surface area contributed by atoms with Crippen LogP contribution in [0.25, 0.3) is 0 Å². The van der Waals surface area contributed by atoms with Crippen LogP contribution in [0.5, 0.6) is 0 Å². The SMILES string of the molecule is CC(=O)N[C@@H]1[C@@H](O)[C@H](O[C@@H]2O[C@H](CO)[C@@H](O[C@@H]3O[C@H](CO[C@H]4O[C@H](CO)[C@@H](O)[C@H](O)[C@@H]4O[C@@H]4O[C@H](CO)[C@@H](O)[C@H](O)[C@H]4NC(C)=O)[C@@H](O)[C@H](O[C@H]4O[C@H](CO)[C@@H](O[C@@H]5O[C@H](CO)[C@@H](O)[C@H](O)[C@H]5NC(C)=O)[C@H](O)[C@@H]4O[C@@H]4O[C@H](CO)[C@@H](O[C@@H]5O[C@H](CO[C@]6(C(=O)O)C[C@H](O)[C@@H](NC(C)=O)[C@H]([C@H](O)[C@H](O)CO)O6)[C@H](O)[C@H](O)[C@H]5O)[C@H](O)[C@H]4NC(C)=O)[C@@H]3O)[C@H](O)[C@H]2NC(C)=O)[C@@H](CO)O[C@H]1O. The van der Waals surface area contributed by atoms with Crippen molar-refractivity contribution in [3.05, 3.63) is 0 Å². The first-order valence-corrected chi connectivity index (χ1v) is 42.7. The van der Waals surface area contributed by atoms with Crippen molar-refractivity contribution in [3.8, 4) is 0 Å². The van der Waals surface area contributed by atoms with Crippen LogP contribution in [-0.2, 0) is 124 Å². The summed E-state index contributed by atoms with van der Waals surface area (Å²) in [6.07, 6.45) is -98.9. The number of carboxylic acids is 1. The van der Waals surface area contributed by atoms with Crippen LogP contribution in [0.4, 0.5) is 0 Å². The second-order valence-electron chi connectivity index (χ2n) is 33.9. The summed E-state index contributed by atoms with van der Waals surface area (Å²) in [5.74, 6) is -10.9. The topological polar surface area (TPSA) is 933 Å². The Labute approximate surface area is 764 Å². The van der Waals surface area contributed by atoms with Gasteiger partial charge in [0, 0.05) is 48.0 Å². The molecular weight excluding hydrogens is 1850 g/mol. The van der Waals surface area contributed by atoms with Gasteiger partial charge in [-0.25, -0.2) is 4.79 Å². The highest BCUT2D eigenvalue weighted by atomic mass is 16.8. The monoisotopic (exact) mass is 1970 g/mol. The van der Waals surface area contributed by atoms with E-state index in [0.29, 0.717) is 0 Å². The molecule has 10 fully saturated rings. The van der Waals surface area contributed by atoms with E-state index in [0.717, 1.165) is 41.5 Å². The van der Waals surface area contributed by atoms with Gasteiger partial charge >= 0.3 is 5.97 Å². The molecule has 778 valence electrons. The molecule has 0 aromatic rings. The molecule has 10 aliphatic rings. The molecule has 135 heavy (non-hydrogen) atoms. The number of carbonyl (C=O) groups is 7. The van der Waals surface area contributed by atoms with Gasteiger partial charge in [0.1, 0.15) is 238 Å². The second-order valence-corrected chi connectivity index (χ2v) is 33.9. The maximum Gasteiger partial charge on any atom is 0.364 e. The fourth-order valence-corrected chi connectivity index (χ4v) is 17.3. The number of aliphatic hydroxyl groups is 27. The standard InChI is InChI=1S/C75H124N6O54/c1-18(90)76-35-24(96)7-75(74(115)116,135-61(35)41(98)25(97)8-82)118-17-34-45(102)52(109)54(111)70(127-34)130-58-30(13-87)124-69(40(51(58)108)81-23(6)95)134-64-55(112)60(129-66-37(78-20(3)92)47(104)42(99)26(9-83)120-66)32(15-89)125-73(64)132-62-46(103)33(16-117-72-63(53(110)44(101)28(11-85)122-72)133-67-38(79-21(4)93)48(105)43(100)27(10-84)121-67)126-71(56(62)113)131-59-31(14-88)123-68(39(50(59)107)80-22(5)94)128-57-29(12-86)119-65(114)36(49(57)106)77-19(2)91/h24-73,82-89,96-114H,7-17H2,1-6H3,(H,76,90)(H,77,91)(H,78,92)(H,79,93)(H,80,94)(H,81,95)(H,115,116)/t24-,25+,26+,27+,28+,29+,30+,31+,32+,33+,34+,35+,36+,37+,38+,39+,40+,41+,42+,43+,44+,45-,46+,47+,48+,49+,50+,51+,52-,53-,54+,55-,56-,57+,58+,59+,60+,61+,62-,63-,64-,65+,66-,67-,68-,69-,70-,71-,72-,73+,75+/m0/s1. The molecule has 34 N–H and O–H groups in total. The number of ether oxygens (including phenoxy) is 19. The summed E-state index contributed by atoms with van der Waals surface area (Å²) in [6, 6.07) is -11.4. The van der Waals surface area contributed by atoms with Crippen LogP contribution >= 0.6 is 0 Å². The predicted octanol–water partition coefficient (Wildman–Crippen LogP) is -22.7. The first kappa shape index (κ1) is 111. The fraction of sp³-hybridized carbons (Fsp3) is 0.907. The second kappa shape index (κ2) is 48.5. The Kier molecular flexibility index (Phi) is 40.0. The van der Waals surface area contributed by atoms with E-state index < -0.39 is 426 Å². The lowest BCUT2D eigenvalue weighted by molar-refractivity contribution is -0.405. The molecule has 0 aliphatic carbocycles. The summed E-state index contributed by atoms with van der Waals surface area (Å²) >= 11 is 0. The number of hydrogen-bond acceptors (Lipinski definition) is 53. The molecule has 0 aromatic carbocycles. The lowest BCUT2D eigenvalue weighted by Crippen LogP contribution is -2.71. The first-order valence-electron chi connectivity index (χ1n) is 42.7. The van der Waals surface area contributed by atoms with Gasteiger partial charge in [-0.05, 0) is 0 Å². The van der Waals surface area contributed by atoms with E-state index in [-0.39, 0.29) is 0 Å². The molecule has 0 bridgehead atoms. The van der Waals surface area contributed by atoms with Crippen LogP contribution in [0.2, 0.25) is 0 Å². The predicted molar refractivity (Wildman–Crippen MR) is 416 cm³/mol. The van der Waals surface area contributed by atoms with Gasteiger partial charge in [-0.3, -0.25) is 28.8 Å². The Balaban J connectivity index is 1.03. The third kappa shape index (κ3) is 25.2. The third-order valence-corrected chi connectivity index (χ3v) is 24.3. The molecule has 0 unspecified atom stereocenters. The molecular formula is C75H124N6O54. The van der Waals surface area contributed by atoms with Crippen molar-refractivity contribution < 1.29 is 267 Å². The number of carboxylic acid groups (broad SMARTS) is 1. The van der Waals surface area contributed by atoms with Crippen LogP contribution in [0.15, 0.2) is 0 Å². The molecule has 10 heterocycles. The van der Waals surface area contributed by atoms with Gasteiger partial charge in [-0.15, -0.1) is 0 Å². The molecule has 10 aliphatic heterocycles. The van der Waals surface area contributed by atoms with Gasteiger partial charge in [0.15, 0.2) is 56.6 Å². The number of aliphatic carboxylic acids is 1. The van der Waals surface area contributed by atoms with E-state index >= 15 is 0 Å². The highest BCUT2D eigenvalue weighted by Gasteiger charge is 2.64. The van der Waals surface area contributed by atoms with E-state index in [1.807, 2.05) is 0 Å². The Morgan fingerprint density at radius 1 is 0.304 bits per heavy atom. The molecule has 60 heteroatoms. The lowest BCUT2D eigenvalue weighted by atomic mass is 9.88. The lowest BCUT2D eigenvalue weighted by Gasteiger charge is -2.52. The Morgan fingerprint density at radius 2 is 0.615 bits per heavy atom. The molecule has 0 saturated carbocycles. The van der Waals surface area contributed by atoms with Crippen molar-refractivity contribution >= 4 is 41.4 Å². The average Bonchev–Trinajstić information content (AvgIpc) is 0.722. The highest BCUT2D eigenvalue weighted by Crippen LogP contribution is 2.42. The van der Waals surface area contributed by atoms with Crippen LogP contribution in [0.1, 0.15) is 48.0 Å². The van der Waals surface area contributed by atoms with Gasteiger partial charge < -0.3 is 265 Å². The number of amides is 6. The van der Waals surface area contributed by atoms with Gasteiger partial charge in [0.25, 0.3) is 5.79 Å². The third-order valence-electron chi connectivity index (χ3n) is 24.3. The van der Waals surface area contributed by atoms with Crippen molar-refractivity contribution in [2.45, 2.75) is 360 Å². The summed E-state index contributed by atoms with van der Waals surface area (Å²) in [4.78, 5) is 89.7. The maximum absolute atomic E-state index is 13.5. The molecule has 60 nitrogen and oxygen atoms in total. The summed E-state index contributed by atoms with van der Waals surface area (Å²) < 4.78 is 114. The van der Waals surface area contributed by atoms with E-state index in [9.17, 15) is 177 Å². The van der Waals surface area contributed by atoms with Crippen molar-refractivity contribution in [1.82, 2.24) is 31.9 Å². The summed E-state index contributed by atoms with van der Waals surface area (Å²) in [5, 5.41) is 330. The van der Waals surface area contributed by atoms with Crippen LogP contribution in [0, 0.1) is 0 Å². The Bertz CT molecular complexity index is 3820. The quantitative estimate of drug-likeness (QED) is 0.0275. The van der Waals surface area contributed by atoms with Crippen molar-refractivity contribution in [1.29, 1.82) is 0 Å². The van der Waals surface area contributed by atoms with Gasteiger partial charge in [-0.2, -0.15) is 0 Å². The Morgan fingerprint density at radius 3 is 1.03 bits per heavy atom. The van der Waals surface area contributed by atoms with Gasteiger partial charge in [0.05, 0.1) is 78.2 Å². The zero-order chi connectivity index (χ0) is 99.9. The maximum atomic E-state index is 13.5. The van der Waals surface area contributed by atoms with E-state index in [1.54, 1.807) is 0 Å². The number of rotatable bonds is 37. The molecule has 0 spiro atoms. The fourth-order valence-electron chi connectivity index (χ4n) is 17.3. The summed E-state index contributed by atoms with van der Waals surface area (Å²) in [5.41, 5.74) is 0. The summed E-state index contributed by atoms with van der Waals surface area (Å²) in [7, 11) is 0. The normalized spacial score (nSPS) is 46.4. The number of carbonyl (C=O) groups excluding carboxylic acids is 6. The van der Waals surface area contributed by atoms with Gasteiger partial charge in [0.2, 0.25) is 35.4 Å². The average molecular weight is 1970 g/mol. The van der Waals surface area contributed by atoms with E-state index in [2.05, 4.69) is 31.9 Å². The molecule has 0 aromatic heterocycles. The van der Waals surface area contributed by atoms with Crippen LogP contribution in [0.3, 0.4) is 0 Å². The zero-order valence-electron chi connectivity index (χ0n) is 72.8. The smallest absolute Gasteiger partial charge is 0.364 e. The highest BCUT2D eigenvalue weighted by molar-refractivity contribution is 5.77. The summed E-state index contributed by atoms with van der Waals surface area (Å²) in [6.45, 7) is -6.50. The van der Waals surface area contributed by atoms with Crippen LogP contribution < -0.4 is 31.9 Å². The van der Waals surface area contributed by atoms with E-state index in [4.69, 9.17) is 90.0 Å². The molecule has 10 rings (SSSR count).